The Balaban J connectivity index is 2.30. The summed E-state index contributed by atoms with van der Waals surface area (Å²) < 4.78 is 1.66. The number of primary amides is 1. The molecule has 0 radical (unpaired) electrons. The van der Waals surface area contributed by atoms with E-state index in [0.29, 0.717) is 5.02 Å². The molecule has 0 saturated carbocycles. The summed E-state index contributed by atoms with van der Waals surface area (Å²) in [5, 5.41) is 3.49. The first-order valence-electron chi connectivity index (χ1n) is 4.90. The van der Waals surface area contributed by atoms with Crippen LogP contribution in [0.1, 0.15) is 0 Å². The summed E-state index contributed by atoms with van der Waals surface area (Å²) in [7, 11) is 0. The van der Waals surface area contributed by atoms with Gasteiger partial charge in [-0.3, -0.25) is 10.1 Å². The topological polar surface area (TPSA) is 77.1 Å². The normalized spacial score (nSPS) is 10.4. The molecule has 2 aromatic rings. The molecule has 17 heavy (non-hydrogen) atoms. The first kappa shape index (κ1) is 11.5. The van der Waals surface area contributed by atoms with E-state index in [1.165, 1.54) is 0 Å². The van der Waals surface area contributed by atoms with E-state index >= 15 is 0 Å². The van der Waals surface area contributed by atoms with Gasteiger partial charge in [0.15, 0.2) is 0 Å². The number of hydrogen-bond acceptors (Lipinski definition) is 2. The lowest BCUT2D eigenvalue weighted by atomic mass is 10.2. The van der Waals surface area contributed by atoms with E-state index in [1.54, 1.807) is 16.8 Å². The van der Waals surface area contributed by atoms with Crippen molar-refractivity contribution in [1.29, 1.82) is 0 Å². The largest absolute Gasteiger partial charge is 0.351 e. The van der Waals surface area contributed by atoms with Crippen molar-refractivity contribution in [3.05, 3.63) is 35.5 Å². The number of para-hydroxylation sites is 1. The second-order valence-electron chi connectivity index (χ2n) is 3.53. The number of carbonyl (C=O) groups is 2. The molecule has 0 aliphatic heterocycles. The molecular weight excluding hydrogens is 242 g/mol. The van der Waals surface area contributed by atoms with Crippen molar-refractivity contribution < 1.29 is 9.59 Å². The van der Waals surface area contributed by atoms with Crippen LogP contribution in [0.15, 0.2) is 30.5 Å². The Morgan fingerprint density at radius 3 is 2.82 bits per heavy atom. The third-order valence-corrected chi connectivity index (χ3v) is 2.62. The molecule has 2 rings (SSSR count). The van der Waals surface area contributed by atoms with E-state index in [1.807, 2.05) is 23.5 Å². The molecule has 5 nitrogen and oxygen atoms in total. The fraction of sp³-hybridized carbons (Fsp3) is 0.0909. The quantitative estimate of drug-likeness (QED) is 0.848. The lowest BCUT2D eigenvalue weighted by Gasteiger charge is -2.05. The van der Waals surface area contributed by atoms with E-state index in [9.17, 15) is 9.59 Å². The summed E-state index contributed by atoms with van der Waals surface area (Å²) in [5.41, 5.74) is 5.62. The van der Waals surface area contributed by atoms with Crippen molar-refractivity contribution in [1.82, 2.24) is 9.88 Å². The number of rotatable bonds is 2. The maximum Gasteiger partial charge on any atom is 0.318 e. The maximum atomic E-state index is 11.4. The number of urea groups is 1. The van der Waals surface area contributed by atoms with Crippen LogP contribution in [0.5, 0.6) is 0 Å². The van der Waals surface area contributed by atoms with Gasteiger partial charge in [-0.15, -0.1) is 0 Å². The Labute approximate surface area is 102 Å². The molecule has 0 aliphatic rings. The zero-order chi connectivity index (χ0) is 12.4. The highest BCUT2D eigenvalue weighted by atomic mass is 35.5. The Morgan fingerprint density at radius 2 is 2.12 bits per heavy atom. The van der Waals surface area contributed by atoms with Crippen molar-refractivity contribution in [2.24, 2.45) is 5.73 Å². The first-order valence-corrected chi connectivity index (χ1v) is 5.28. The monoisotopic (exact) mass is 251 g/mol. The first-order chi connectivity index (χ1) is 8.08. The molecule has 6 heteroatoms. The lowest BCUT2D eigenvalue weighted by molar-refractivity contribution is -0.120. The van der Waals surface area contributed by atoms with Crippen LogP contribution in [-0.4, -0.2) is 16.5 Å². The van der Waals surface area contributed by atoms with Crippen LogP contribution in [0, 0.1) is 0 Å². The molecule has 0 fully saturated rings. The molecule has 0 aliphatic carbocycles. The number of nitrogens with two attached hydrogens (primary N) is 1. The highest BCUT2D eigenvalue weighted by Gasteiger charge is 2.09. The highest BCUT2D eigenvalue weighted by Crippen LogP contribution is 2.24. The molecule has 3 N–H and O–H groups in total. The van der Waals surface area contributed by atoms with Gasteiger partial charge in [-0.05, 0) is 12.1 Å². The predicted molar refractivity (Wildman–Crippen MR) is 64.7 cm³/mol. The summed E-state index contributed by atoms with van der Waals surface area (Å²) in [5.74, 6) is -0.477. The van der Waals surface area contributed by atoms with E-state index in [2.05, 4.69) is 0 Å². The Kier molecular flexibility index (Phi) is 3.01. The Bertz CT molecular complexity index is 591. The van der Waals surface area contributed by atoms with Gasteiger partial charge in [-0.25, -0.2) is 4.79 Å². The number of carbonyl (C=O) groups excluding carboxylic acids is 2. The van der Waals surface area contributed by atoms with Gasteiger partial charge in [0.2, 0.25) is 5.91 Å². The van der Waals surface area contributed by atoms with Crippen LogP contribution < -0.4 is 11.1 Å². The van der Waals surface area contributed by atoms with Gasteiger partial charge in [-0.2, -0.15) is 0 Å². The highest BCUT2D eigenvalue weighted by molar-refractivity contribution is 6.35. The summed E-state index contributed by atoms with van der Waals surface area (Å²) in [6, 6.07) is 6.45. The van der Waals surface area contributed by atoms with E-state index in [4.69, 9.17) is 17.3 Å². The number of aromatic nitrogens is 1. The van der Waals surface area contributed by atoms with Crippen LogP contribution in [0.3, 0.4) is 0 Å². The second kappa shape index (κ2) is 4.47. The van der Waals surface area contributed by atoms with Crippen molar-refractivity contribution in [3.8, 4) is 0 Å². The summed E-state index contributed by atoms with van der Waals surface area (Å²) in [6.07, 6.45) is 1.73. The zero-order valence-electron chi connectivity index (χ0n) is 8.81. The fourth-order valence-electron chi connectivity index (χ4n) is 1.68. The van der Waals surface area contributed by atoms with Gasteiger partial charge in [0.05, 0.1) is 10.5 Å². The molecule has 3 amide bonds. The molecule has 88 valence electrons. The fourth-order valence-corrected chi connectivity index (χ4v) is 1.97. The van der Waals surface area contributed by atoms with Gasteiger partial charge in [0.1, 0.15) is 6.54 Å². The van der Waals surface area contributed by atoms with Gasteiger partial charge >= 0.3 is 6.03 Å². The van der Waals surface area contributed by atoms with Crippen molar-refractivity contribution in [3.63, 3.8) is 0 Å². The second-order valence-corrected chi connectivity index (χ2v) is 3.94. The minimum atomic E-state index is -0.863. The number of fused-ring (bicyclic) bond motifs is 1. The van der Waals surface area contributed by atoms with Crippen LogP contribution in [0.4, 0.5) is 4.79 Å². The average Bonchev–Trinajstić information content (AvgIpc) is 2.61. The van der Waals surface area contributed by atoms with Crippen molar-refractivity contribution in [2.45, 2.75) is 6.54 Å². The minimum Gasteiger partial charge on any atom is -0.351 e. The number of amides is 3. The molecule has 0 unspecified atom stereocenters. The lowest BCUT2D eigenvalue weighted by Crippen LogP contribution is -2.37. The zero-order valence-corrected chi connectivity index (χ0v) is 9.57. The Morgan fingerprint density at radius 1 is 1.35 bits per heavy atom. The van der Waals surface area contributed by atoms with Crippen molar-refractivity contribution >= 4 is 34.4 Å². The number of halogens is 1. The van der Waals surface area contributed by atoms with Gasteiger partial charge in [-0.1, -0.05) is 23.7 Å². The molecule has 1 aromatic heterocycles. The van der Waals surface area contributed by atoms with Crippen molar-refractivity contribution in [2.75, 3.05) is 0 Å². The molecule has 0 bridgehead atoms. The third kappa shape index (κ3) is 2.39. The number of hydrogen-bond donors (Lipinski definition) is 2. The number of benzene rings is 1. The van der Waals surface area contributed by atoms with Crippen LogP contribution in [0.25, 0.3) is 10.9 Å². The average molecular weight is 252 g/mol. The minimum absolute atomic E-state index is 0.00380. The third-order valence-electron chi connectivity index (χ3n) is 2.32. The molecule has 1 aromatic carbocycles. The summed E-state index contributed by atoms with van der Waals surface area (Å²) in [4.78, 5) is 21.9. The molecule has 0 spiro atoms. The van der Waals surface area contributed by atoms with Crippen LogP contribution in [-0.2, 0) is 11.3 Å². The van der Waals surface area contributed by atoms with Gasteiger partial charge < -0.3 is 10.3 Å². The maximum absolute atomic E-state index is 11.4. The smallest absolute Gasteiger partial charge is 0.318 e. The van der Waals surface area contributed by atoms with Crippen LogP contribution in [0.2, 0.25) is 5.02 Å². The SMILES string of the molecule is NC(=O)NC(=O)Cn1ccc2cccc(Cl)c21. The van der Waals surface area contributed by atoms with E-state index in [-0.39, 0.29) is 6.54 Å². The summed E-state index contributed by atoms with van der Waals surface area (Å²) >= 11 is 6.05. The predicted octanol–water partition coefficient (Wildman–Crippen LogP) is 1.49. The van der Waals surface area contributed by atoms with Gasteiger partial charge in [0.25, 0.3) is 0 Å². The van der Waals surface area contributed by atoms with Gasteiger partial charge in [0, 0.05) is 11.6 Å². The van der Waals surface area contributed by atoms with E-state index < -0.39 is 11.9 Å². The summed E-state index contributed by atoms with van der Waals surface area (Å²) in [6.45, 7) is -0.00380. The molecular formula is C11H10ClN3O2. The number of nitrogens with zero attached hydrogens (tertiary/aromatic N) is 1. The molecule has 0 atom stereocenters. The standard InChI is InChI=1S/C11H10ClN3O2/c12-8-3-1-2-7-4-5-15(10(7)8)6-9(16)14-11(13)17/h1-5H,6H2,(H3,13,14,16,17). The van der Waals surface area contributed by atoms with Crippen LogP contribution >= 0.6 is 11.6 Å². The number of imide groups is 1. The van der Waals surface area contributed by atoms with E-state index in [0.717, 1.165) is 10.9 Å². The molecule has 0 saturated heterocycles. The Hall–Kier alpha value is -2.01. The number of nitrogens with one attached hydrogen (secondary N) is 1. The molecule has 1 heterocycles.